The van der Waals surface area contributed by atoms with Gasteiger partial charge in [0, 0.05) is 12.1 Å². The zero-order valence-electron chi connectivity index (χ0n) is 10.7. The smallest absolute Gasteiger partial charge is 0.387 e. The van der Waals surface area contributed by atoms with E-state index in [9.17, 15) is 13.6 Å². The number of alkyl halides is 2. The third-order valence-electron chi connectivity index (χ3n) is 3.23. The highest BCUT2D eigenvalue weighted by atomic mass is 35.5. The first-order valence-corrected chi connectivity index (χ1v) is 6.18. The van der Waals surface area contributed by atoms with Crippen molar-refractivity contribution in [2.24, 2.45) is 5.73 Å². The lowest BCUT2D eigenvalue weighted by atomic mass is 10.1. The molecule has 0 saturated heterocycles. The van der Waals surface area contributed by atoms with Crippen LogP contribution in [0.3, 0.4) is 0 Å². The van der Waals surface area contributed by atoms with Crippen LogP contribution in [0.25, 0.3) is 0 Å². The first-order chi connectivity index (χ1) is 9.08. The van der Waals surface area contributed by atoms with Crippen LogP contribution in [0.2, 0.25) is 0 Å². The molecule has 1 aromatic rings. The van der Waals surface area contributed by atoms with Crippen molar-refractivity contribution in [2.75, 3.05) is 0 Å². The van der Waals surface area contributed by atoms with E-state index in [1.165, 1.54) is 18.2 Å². The minimum Gasteiger partial charge on any atom is -0.434 e. The summed E-state index contributed by atoms with van der Waals surface area (Å²) in [4.78, 5) is 12.1. The van der Waals surface area contributed by atoms with E-state index in [4.69, 9.17) is 5.73 Å². The van der Waals surface area contributed by atoms with Crippen LogP contribution in [0.15, 0.2) is 24.3 Å². The molecule has 0 radical (unpaired) electrons. The minimum atomic E-state index is -2.96. The molecule has 3 N–H and O–H groups in total. The van der Waals surface area contributed by atoms with Crippen LogP contribution in [0.4, 0.5) is 8.78 Å². The van der Waals surface area contributed by atoms with Crippen molar-refractivity contribution in [1.29, 1.82) is 0 Å². The normalized spacial score (nSPS) is 21.4. The molecule has 1 saturated carbocycles. The highest BCUT2D eigenvalue weighted by Gasteiger charge is 2.26. The average molecular weight is 307 g/mol. The number of hydrogen-bond acceptors (Lipinski definition) is 3. The molecule has 1 aliphatic rings. The second kappa shape index (κ2) is 7.40. The number of halogens is 3. The molecule has 2 unspecified atom stereocenters. The van der Waals surface area contributed by atoms with Gasteiger partial charge in [0.1, 0.15) is 5.75 Å². The van der Waals surface area contributed by atoms with Gasteiger partial charge in [-0.05, 0) is 31.4 Å². The summed E-state index contributed by atoms with van der Waals surface area (Å²) in [7, 11) is 0. The number of para-hydroxylation sites is 1. The third kappa shape index (κ3) is 4.05. The van der Waals surface area contributed by atoms with Crippen molar-refractivity contribution in [2.45, 2.75) is 38.0 Å². The zero-order chi connectivity index (χ0) is 13.8. The fourth-order valence-electron chi connectivity index (χ4n) is 2.27. The van der Waals surface area contributed by atoms with Crippen molar-refractivity contribution in [3.05, 3.63) is 29.8 Å². The number of ether oxygens (including phenoxy) is 1. The second-order valence-electron chi connectivity index (χ2n) is 4.55. The predicted molar refractivity (Wildman–Crippen MR) is 73.4 cm³/mol. The van der Waals surface area contributed by atoms with Gasteiger partial charge in [0.2, 0.25) is 0 Å². The number of benzene rings is 1. The Kier molecular flexibility index (Phi) is 6.16. The highest BCUT2D eigenvalue weighted by Crippen LogP contribution is 2.22. The number of carbonyl (C=O) groups is 1. The number of nitrogens with two attached hydrogens (primary N) is 1. The van der Waals surface area contributed by atoms with Crippen molar-refractivity contribution in [3.8, 4) is 5.75 Å². The zero-order valence-corrected chi connectivity index (χ0v) is 11.5. The van der Waals surface area contributed by atoms with Gasteiger partial charge < -0.3 is 15.8 Å². The Labute approximate surface area is 122 Å². The van der Waals surface area contributed by atoms with Crippen LogP contribution in [0.5, 0.6) is 5.75 Å². The summed E-state index contributed by atoms with van der Waals surface area (Å²) in [5.41, 5.74) is 5.96. The first-order valence-electron chi connectivity index (χ1n) is 6.18. The van der Waals surface area contributed by atoms with Crippen molar-refractivity contribution in [1.82, 2.24) is 5.32 Å². The van der Waals surface area contributed by atoms with E-state index in [2.05, 4.69) is 10.1 Å². The van der Waals surface area contributed by atoms with E-state index in [0.717, 1.165) is 19.3 Å². The minimum absolute atomic E-state index is 0. The van der Waals surface area contributed by atoms with Gasteiger partial charge in [-0.3, -0.25) is 4.79 Å². The summed E-state index contributed by atoms with van der Waals surface area (Å²) in [6, 6.07) is 5.75. The highest BCUT2D eigenvalue weighted by molar-refractivity contribution is 5.97. The van der Waals surface area contributed by atoms with Gasteiger partial charge in [-0.1, -0.05) is 12.1 Å². The van der Waals surface area contributed by atoms with Gasteiger partial charge in [-0.2, -0.15) is 8.78 Å². The maximum Gasteiger partial charge on any atom is 0.387 e. The van der Waals surface area contributed by atoms with Crippen LogP contribution in [0.1, 0.15) is 29.6 Å². The fourth-order valence-corrected chi connectivity index (χ4v) is 2.27. The van der Waals surface area contributed by atoms with E-state index in [-0.39, 0.29) is 35.8 Å². The van der Waals surface area contributed by atoms with Crippen molar-refractivity contribution < 1.29 is 18.3 Å². The first kappa shape index (κ1) is 16.7. The van der Waals surface area contributed by atoms with Crippen LogP contribution in [-0.2, 0) is 0 Å². The molecule has 7 heteroatoms. The number of hydrogen-bond donors (Lipinski definition) is 2. The van der Waals surface area contributed by atoms with E-state index < -0.39 is 12.5 Å². The summed E-state index contributed by atoms with van der Waals surface area (Å²) in [5.74, 6) is -0.555. The molecule has 0 aliphatic heterocycles. The van der Waals surface area contributed by atoms with E-state index in [1.54, 1.807) is 6.07 Å². The lowest BCUT2D eigenvalue weighted by Crippen LogP contribution is -2.44. The molecule has 2 atom stereocenters. The Morgan fingerprint density at radius 3 is 2.65 bits per heavy atom. The van der Waals surface area contributed by atoms with E-state index in [1.807, 2.05) is 0 Å². The number of amides is 1. The molecule has 1 aromatic carbocycles. The van der Waals surface area contributed by atoms with Gasteiger partial charge in [0.25, 0.3) is 5.91 Å². The second-order valence-corrected chi connectivity index (χ2v) is 4.55. The Balaban J connectivity index is 0.00000200. The van der Waals surface area contributed by atoms with Gasteiger partial charge in [0.15, 0.2) is 0 Å². The van der Waals surface area contributed by atoms with Gasteiger partial charge in [0.05, 0.1) is 5.56 Å². The van der Waals surface area contributed by atoms with E-state index >= 15 is 0 Å². The van der Waals surface area contributed by atoms with Crippen molar-refractivity contribution >= 4 is 18.3 Å². The quantitative estimate of drug-likeness (QED) is 0.897. The lowest BCUT2D eigenvalue weighted by Gasteiger charge is -2.18. The Morgan fingerprint density at radius 2 is 2.05 bits per heavy atom. The molecule has 1 amide bonds. The molecule has 0 aromatic heterocycles. The molecule has 0 bridgehead atoms. The molecular formula is C13H17ClF2N2O2. The SMILES string of the molecule is Cl.NC1CCCC1NC(=O)c1ccccc1OC(F)F. The fraction of sp³-hybridized carbons (Fsp3) is 0.462. The van der Waals surface area contributed by atoms with Crippen molar-refractivity contribution in [3.63, 3.8) is 0 Å². The molecule has 2 rings (SSSR count). The van der Waals surface area contributed by atoms with Crippen LogP contribution in [-0.4, -0.2) is 24.6 Å². The monoisotopic (exact) mass is 306 g/mol. The molecule has 112 valence electrons. The largest absolute Gasteiger partial charge is 0.434 e. The number of nitrogens with one attached hydrogen (secondary N) is 1. The number of rotatable bonds is 4. The predicted octanol–water partition coefficient (Wildman–Crippen LogP) is 2.32. The molecule has 1 fully saturated rings. The summed E-state index contributed by atoms with van der Waals surface area (Å²) in [6.07, 6.45) is 2.63. The Morgan fingerprint density at radius 1 is 1.35 bits per heavy atom. The average Bonchev–Trinajstić information content (AvgIpc) is 2.75. The molecule has 0 heterocycles. The standard InChI is InChI=1S/C13H16F2N2O2.ClH/c14-13(15)19-11-7-2-1-4-8(11)12(18)17-10-6-3-5-9(10)16;/h1-2,4,7,9-10,13H,3,5-6,16H2,(H,17,18);1H. The van der Waals surface area contributed by atoms with E-state index in [0.29, 0.717) is 0 Å². The molecule has 1 aliphatic carbocycles. The van der Waals surface area contributed by atoms with Gasteiger partial charge in [-0.25, -0.2) is 0 Å². The summed E-state index contributed by atoms with van der Waals surface area (Å²) < 4.78 is 28.8. The van der Waals surface area contributed by atoms with Crippen LogP contribution < -0.4 is 15.8 Å². The Hall–Kier alpha value is -1.40. The van der Waals surface area contributed by atoms with Gasteiger partial charge >= 0.3 is 6.61 Å². The summed E-state index contributed by atoms with van der Waals surface area (Å²) in [6.45, 7) is -2.96. The van der Waals surface area contributed by atoms with Gasteiger partial charge in [-0.15, -0.1) is 12.4 Å². The molecular weight excluding hydrogens is 290 g/mol. The maximum atomic E-state index is 12.3. The third-order valence-corrected chi connectivity index (χ3v) is 3.23. The topological polar surface area (TPSA) is 64.3 Å². The molecule has 0 spiro atoms. The summed E-state index contributed by atoms with van der Waals surface area (Å²) >= 11 is 0. The molecule has 4 nitrogen and oxygen atoms in total. The maximum absolute atomic E-state index is 12.3. The lowest BCUT2D eigenvalue weighted by molar-refractivity contribution is -0.0501. The summed E-state index contributed by atoms with van der Waals surface area (Å²) in [5, 5.41) is 2.77. The Bertz CT molecular complexity index is 460. The van der Waals surface area contributed by atoms with Crippen LogP contribution >= 0.6 is 12.4 Å². The number of carbonyl (C=O) groups excluding carboxylic acids is 1. The van der Waals surface area contributed by atoms with Crippen LogP contribution in [0, 0.1) is 0 Å². The molecule has 20 heavy (non-hydrogen) atoms.